The predicted octanol–water partition coefficient (Wildman–Crippen LogP) is 3.50. The van der Waals surface area contributed by atoms with Gasteiger partial charge in [0.15, 0.2) is 17.2 Å². The van der Waals surface area contributed by atoms with E-state index in [0.717, 1.165) is 5.56 Å². The first-order chi connectivity index (χ1) is 16.0. The highest BCUT2D eigenvalue weighted by atomic mass is 16.7. The van der Waals surface area contributed by atoms with Gasteiger partial charge in [-0.3, -0.25) is 14.4 Å². The molecule has 3 N–H and O–H groups in total. The van der Waals surface area contributed by atoms with Gasteiger partial charge in [-0.05, 0) is 36.2 Å². The SMILES string of the molecule is CCC(Nc1c(Nc2cccc(C(=O)N(C)C)c2O)c(=O)c1=O)c1ccc2c(c1)OC(C)(C)O2. The van der Waals surface area contributed by atoms with Gasteiger partial charge in [-0.15, -0.1) is 0 Å². The molecule has 4 rings (SSSR count). The number of carbonyl (C=O) groups is 1. The van der Waals surface area contributed by atoms with E-state index in [9.17, 15) is 19.5 Å². The average Bonchev–Trinajstić information content (AvgIpc) is 3.11. The Labute approximate surface area is 196 Å². The number of anilines is 3. The van der Waals surface area contributed by atoms with E-state index in [2.05, 4.69) is 10.6 Å². The van der Waals surface area contributed by atoms with Gasteiger partial charge in [0.25, 0.3) is 16.8 Å². The molecule has 1 unspecified atom stereocenters. The molecule has 34 heavy (non-hydrogen) atoms. The number of amides is 1. The molecule has 9 heteroatoms. The first-order valence-electron chi connectivity index (χ1n) is 10.9. The van der Waals surface area contributed by atoms with Gasteiger partial charge in [0, 0.05) is 27.9 Å². The third-order valence-corrected chi connectivity index (χ3v) is 5.65. The van der Waals surface area contributed by atoms with Crippen LogP contribution in [0, 0.1) is 0 Å². The average molecular weight is 466 g/mol. The Morgan fingerprint density at radius 3 is 2.41 bits per heavy atom. The maximum Gasteiger partial charge on any atom is 0.257 e. The summed E-state index contributed by atoms with van der Waals surface area (Å²) in [4.78, 5) is 38.4. The molecule has 0 fully saturated rings. The quantitative estimate of drug-likeness (QED) is 0.359. The van der Waals surface area contributed by atoms with Crippen LogP contribution in [0.3, 0.4) is 0 Å². The lowest BCUT2D eigenvalue weighted by molar-refractivity contribution is -0.0431. The van der Waals surface area contributed by atoms with Crippen LogP contribution in [-0.2, 0) is 0 Å². The molecule has 0 aliphatic carbocycles. The van der Waals surface area contributed by atoms with Crippen molar-refractivity contribution in [3.8, 4) is 17.2 Å². The first kappa shape index (κ1) is 23.2. The number of hydrogen-bond donors (Lipinski definition) is 3. The number of aromatic hydroxyl groups is 1. The Morgan fingerprint density at radius 1 is 1.06 bits per heavy atom. The van der Waals surface area contributed by atoms with Crippen molar-refractivity contribution in [2.75, 3.05) is 24.7 Å². The fourth-order valence-corrected chi connectivity index (χ4v) is 3.89. The van der Waals surface area contributed by atoms with Crippen molar-refractivity contribution in [2.24, 2.45) is 0 Å². The molecule has 3 aromatic rings. The molecule has 0 saturated heterocycles. The fraction of sp³-hybridized carbons (Fsp3) is 0.320. The van der Waals surface area contributed by atoms with Gasteiger partial charge in [-0.25, -0.2) is 0 Å². The predicted molar refractivity (Wildman–Crippen MR) is 129 cm³/mol. The zero-order valence-electron chi connectivity index (χ0n) is 19.7. The molecule has 1 aliphatic heterocycles. The summed E-state index contributed by atoms with van der Waals surface area (Å²) in [6.45, 7) is 5.59. The van der Waals surface area contributed by atoms with Crippen LogP contribution in [0.25, 0.3) is 0 Å². The van der Waals surface area contributed by atoms with E-state index in [1.807, 2.05) is 39.0 Å². The molecular weight excluding hydrogens is 438 g/mol. The van der Waals surface area contributed by atoms with E-state index in [-0.39, 0.29) is 40.3 Å². The minimum atomic E-state index is -0.753. The number of ether oxygens (including phenoxy) is 2. The number of nitrogens with one attached hydrogen (secondary N) is 2. The summed E-state index contributed by atoms with van der Waals surface area (Å²) in [6.07, 6.45) is 0.624. The molecule has 1 heterocycles. The highest BCUT2D eigenvalue weighted by Gasteiger charge is 2.32. The first-order valence-corrected chi connectivity index (χ1v) is 10.9. The second-order valence-corrected chi connectivity index (χ2v) is 8.85. The van der Waals surface area contributed by atoms with Crippen molar-refractivity contribution in [2.45, 2.75) is 39.0 Å². The lowest BCUT2D eigenvalue weighted by atomic mass is 10.0. The number of para-hydroxylation sites is 1. The number of phenolic OH excluding ortho intramolecular Hbond substituents is 1. The van der Waals surface area contributed by atoms with Crippen molar-refractivity contribution < 1.29 is 19.4 Å². The van der Waals surface area contributed by atoms with Crippen molar-refractivity contribution in [1.29, 1.82) is 0 Å². The zero-order chi connectivity index (χ0) is 24.8. The Balaban J connectivity index is 1.60. The molecular formula is C25H27N3O6. The normalized spacial score (nSPS) is 14.6. The second kappa shape index (κ2) is 8.40. The van der Waals surface area contributed by atoms with E-state index in [1.165, 1.54) is 17.0 Å². The van der Waals surface area contributed by atoms with Crippen LogP contribution < -0.4 is 31.0 Å². The zero-order valence-corrected chi connectivity index (χ0v) is 19.7. The van der Waals surface area contributed by atoms with E-state index in [1.54, 1.807) is 20.2 Å². The Bertz CT molecular complexity index is 1340. The summed E-state index contributed by atoms with van der Waals surface area (Å²) in [6, 6.07) is 9.86. The van der Waals surface area contributed by atoms with Crippen LogP contribution >= 0.6 is 0 Å². The number of carbonyl (C=O) groups excluding carboxylic acids is 1. The van der Waals surface area contributed by atoms with Gasteiger partial charge < -0.3 is 30.1 Å². The number of phenols is 1. The highest BCUT2D eigenvalue weighted by molar-refractivity contribution is 5.99. The number of rotatable bonds is 7. The van der Waals surface area contributed by atoms with Crippen molar-refractivity contribution >= 4 is 23.0 Å². The molecule has 1 amide bonds. The summed E-state index contributed by atoms with van der Waals surface area (Å²) in [5.74, 6) is -0.190. The van der Waals surface area contributed by atoms with Gasteiger partial charge in [0.2, 0.25) is 5.79 Å². The van der Waals surface area contributed by atoms with Gasteiger partial charge >= 0.3 is 0 Å². The molecule has 1 atom stereocenters. The molecule has 0 saturated carbocycles. The minimum Gasteiger partial charge on any atom is -0.505 e. The summed E-state index contributed by atoms with van der Waals surface area (Å²) >= 11 is 0. The van der Waals surface area contributed by atoms with E-state index >= 15 is 0 Å². The fourth-order valence-electron chi connectivity index (χ4n) is 3.89. The maximum absolute atomic E-state index is 12.4. The van der Waals surface area contributed by atoms with Crippen LogP contribution in [0.5, 0.6) is 17.2 Å². The molecule has 0 spiro atoms. The molecule has 0 bridgehead atoms. The summed E-state index contributed by atoms with van der Waals surface area (Å²) < 4.78 is 11.6. The van der Waals surface area contributed by atoms with Crippen LogP contribution in [0.1, 0.15) is 49.2 Å². The standard InChI is InChI=1S/C25H27N3O6/c1-6-15(13-10-11-17-18(12-13)34-25(2,3)33-17)26-19-20(23(31)22(19)30)27-16-9-7-8-14(21(16)29)24(32)28(4)5/h7-12,15,26-27,29H,6H2,1-5H3. The maximum atomic E-state index is 12.4. The van der Waals surface area contributed by atoms with E-state index in [0.29, 0.717) is 17.9 Å². The Kier molecular flexibility index (Phi) is 5.72. The van der Waals surface area contributed by atoms with Crippen LogP contribution in [-0.4, -0.2) is 35.8 Å². The molecule has 178 valence electrons. The molecule has 1 aliphatic rings. The molecule has 0 aromatic heterocycles. The molecule has 0 radical (unpaired) electrons. The summed E-state index contributed by atoms with van der Waals surface area (Å²) in [7, 11) is 3.14. The van der Waals surface area contributed by atoms with Crippen LogP contribution in [0.4, 0.5) is 17.1 Å². The minimum absolute atomic E-state index is 0.0371. The number of fused-ring (bicyclic) bond motifs is 1. The largest absolute Gasteiger partial charge is 0.505 e. The van der Waals surface area contributed by atoms with Crippen LogP contribution in [0.2, 0.25) is 0 Å². The lowest BCUT2D eigenvalue weighted by Gasteiger charge is -2.23. The van der Waals surface area contributed by atoms with Crippen molar-refractivity contribution in [3.63, 3.8) is 0 Å². The monoisotopic (exact) mass is 465 g/mol. The van der Waals surface area contributed by atoms with Crippen molar-refractivity contribution in [1.82, 2.24) is 4.90 Å². The third kappa shape index (κ3) is 4.05. The smallest absolute Gasteiger partial charge is 0.257 e. The number of benzene rings is 2. The highest BCUT2D eigenvalue weighted by Crippen LogP contribution is 2.41. The number of nitrogens with zero attached hydrogens (tertiary/aromatic N) is 1. The van der Waals surface area contributed by atoms with E-state index in [4.69, 9.17) is 9.47 Å². The summed E-state index contributed by atoms with van der Waals surface area (Å²) in [5, 5.41) is 16.6. The van der Waals surface area contributed by atoms with E-state index < -0.39 is 16.6 Å². The summed E-state index contributed by atoms with van der Waals surface area (Å²) in [5.41, 5.74) is -0.0906. The number of hydrogen-bond acceptors (Lipinski definition) is 8. The van der Waals surface area contributed by atoms with Gasteiger partial charge in [-0.1, -0.05) is 19.1 Å². The van der Waals surface area contributed by atoms with Crippen LogP contribution in [0.15, 0.2) is 46.0 Å². The third-order valence-electron chi connectivity index (χ3n) is 5.65. The van der Waals surface area contributed by atoms with Gasteiger partial charge in [0.1, 0.15) is 11.4 Å². The molecule has 9 nitrogen and oxygen atoms in total. The topological polar surface area (TPSA) is 117 Å². The Hall–Kier alpha value is -4.01. The molecule has 3 aromatic carbocycles. The van der Waals surface area contributed by atoms with Crippen molar-refractivity contribution in [3.05, 3.63) is 68.0 Å². The lowest BCUT2D eigenvalue weighted by Crippen LogP contribution is -2.37. The van der Waals surface area contributed by atoms with Gasteiger partial charge in [-0.2, -0.15) is 0 Å². The van der Waals surface area contributed by atoms with Gasteiger partial charge in [0.05, 0.1) is 17.3 Å². The second-order valence-electron chi connectivity index (χ2n) is 8.85. The Morgan fingerprint density at radius 2 is 1.74 bits per heavy atom.